The number of unbranched alkanes of at least 4 members (excludes halogenated alkanes) is 1. The number of carbonyl (C=O) groups excluding carboxylic acids is 1. The molecule has 0 radical (unpaired) electrons. The summed E-state index contributed by atoms with van der Waals surface area (Å²) in [5.74, 6) is 4.96. The number of hydrogen-bond acceptors (Lipinski definition) is 13. The van der Waals surface area contributed by atoms with E-state index in [1.54, 1.807) is 74.0 Å². The number of methoxy groups -OCH3 is 7. The molecule has 14 nitrogen and oxygen atoms in total. The summed E-state index contributed by atoms with van der Waals surface area (Å²) < 4.78 is 56.6. The minimum Gasteiger partial charge on any atom is -0.497 e. The number of anilines is 1. The van der Waals surface area contributed by atoms with Gasteiger partial charge in [-0.3, -0.25) is 4.79 Å². The van der Waals surface area contributed by atoms with Crippen LogP contribution >= 0.6 is 0 Å². The Hall–Kier alpha value is -6.44. The molecule has 284 valence electrons. The van der Waals surface area contributed by atoms with Gasteiger partial charge in [-0.2, -0.15) is 0 Å². The average molecular weight is 742 g/mol. The molecule has 1 aromatic heterocycles. The zero-order valence-corrected chi connectivity index (χ0v) is 31.2. The van der Waals surface area contributed by atoms with E-state index in [0.29, 0.717) is 106 Å². The monoisotopic (exact) mass is 741 g/mol. The van der Waals surface area contributed by atoms with Crippen molar-refractivity contribution in [3.05, 3.63) is 77.9 Å². The van der Waals surface area contributed by atoms with Crippen LogP contribution in [-0.2, 0) is 0 Å². The van der Waals surface area contributed by atoms with E-state index in [1.165, 1.54) is 0 Å². The molecule has 54 heavy (non-hydrogen) atoms. The predicted octanol–water partition coefficient (Wildman–Crippen LogP) is 7.16. The highest BCUT2D eigenvalue weighted by Gasteiger charge is 2.26. The molecule has 1 amide bonds. The molecule has 0 fully saturated rings. The Balaban J connectivity index is 1.05. The van der Waals surface area contributed by atoms with Crippen LogP contribution in [0.25, 0.3) is 22.6 Å². The third-order valence-electron chi connectivity index (χ3n) is 8.83. The predicted molar refractivity (Wildman–Crippen MR) is 200 cm³/mol. The topological polar surface area (TPSA) is 150 Å². The molecule has 0 aliphatic carbocycles. The van der Waals surface area contributed by atoms with Crippen molar-refractivity contribution in [1.29, 1.82) is 0 Å². The first kappa shape index (κ1) is 37.3. The number of amides is 1. The van der Waals surface area contributed by atoms with Crippen molar-refractivity contribution in [2.24, 2.45) is 0 Å². The molecule has 2 heterocycles. The van der Waals surface area contributed by atoms with Crippen LogP contribution in [0, 0.1) is 0 Å². The Kier molecular flexibility index (Phi) is 11.7. The number of nitrogens with one attached hydrogen (secondary N) is 2. The molecule has 0 saturated carbocycles. The number of aromatic nitrogens is 1. The molecular formula is C40H43N3O11. The number of fused-ring (bicyclic) bond motifs is 1. The van der Waals surface area contributed by atoms with E-state index in [1.807, 2.05) is 42.5 Å². The summed E-state index contributed by atoms with van der Waals surface area (Å²) in [6.45, 7) is 0.821. The van der Waals surface area contributed by atoms with Crippen LogP contribution in [0.2, 0.25) is 0 Å². The molecule has 2 N–H and O–H groups in total. The summed E-state index contributed by atoms with van der Waals surface area (Å²) in [4.78, 5) is 12.8. The number of rotatable bonds is 17. The van der Waals surface area contributed by atoms with Gasteiger partial charge in [0.1, 0.15) is 17.6 Å². The number of ether oxygens (including phenoxy) is 9. The summed E-state index contributed by atoms with van der Waals surface area (Å²) in [6.07, 6.45) is 0.957. The van der Waals surface area contributed by atoms with Crippen molar-refractivity contribution in [3.63, 3.8) is 0 Å². The van der Waals surface area contributed by atoms with Crippen LogP contribution in [0.3, 0.4) is 0 Å². The third-order valence-corrected chi connectivity index (χ3v) is 8.83. The van der Waals surface area contributed by atoms with Gasteiger partial charge in [-0.05, 0) is 73.0 Å². The van der Waals surface area contributed by atoms with Gasteiger partial charge >= 0.3 is 0 Å². The van der Waals surface area contributed by atoms with Gasteiger partial charge in [0.2, 0.25) is 11.5 Å². The highest BCUT2D eigenvalue weighted by molar-refractivity contribution is 6.02. The molecule has 1 atom stereocenters. The number of carbonyl (C=O) groups is 1. The lowest BCUT2D eigenvalue weighted by Gasteiger charge is -2.28. The second-order valence-electron chi connectivity index (χ2n) is 12.0. The Morgan fingerprint density at radius 1 is 0.593 bits per heavy atom. The first-order chi connectivity index (χ1) is 26.3. The van der Waals surface area contributed by atoms with Gasteiger partial charge in [0.05, 0.1) is 68.5 Å². The van der Waals surface area contributed by atoms with Crippen LogP contribution < -0.4 is 53.3 Å². The molecule has 1 unspecified atom stereocenters. The zero-order chi connectivity index (χ0) is 38.2. The Bertz CT molecular complexity index is 2050. The summed E-state index contributed by atoms with van der Waals surface area (Å²) in [5.41, 5.74) is 4.02. The van der Waals surface area contributed by atoms with Gasteiger partial charge in [-0.15, -0.1) is 0 Å². The lowest BCUT2D eigenvalue weighted by Crippen LogP contribution is -2.38. The SMILES string of the molecule is COc1ccc2c(c1)C(=O)NC(c1ccc(OCCCCOc3c(OC)cc(-c4cc(-c5cc(OC)c(OC)c(OC)c5)on4)cc3OC)c(OC)c1)N2. The Morgan fingerprint density at radius 3 is 1.85 bits per heavy atom. The summed E-state index contributed by atoms with van der Waals surface area (Å²) in [6, 6.07) is 19.9. The Labute approximate surface area is 313 Å². The van der Waals surface area contributed by atoms with Crippen LogP contribution in [-0.4, -0.2) is 74.0 Å². The van der Waals surface area contributed by atoms with Gasteiger partial charge in [0.15, 0.2) is 40.3 Å². The lowest BCUT2D eigenvalue weighted by atomic mass is 10.0. The van der Waals surface area contributed by atoms with E-state index in [4.69, 9.17) is 47.2 Å². The van der Waals surface area contributed by atoms with E-state index in [9.17, 15) is 4.79 Å². The van der Waals surface area contributed by atoms with E-state index in [-0.39, 0.29) is 5.91 Å². The number of hydrogen-bond donors (Lipinski definition) is 2. The minimum atomic E-state index is -0.441. The maximum absolute atomic E-state index is 12.8. The second kappa shape index (κ2) is 16.9. The van der Waals surface area contributed by atoms with Gasteiger partial charge in [0.25, 0.3) is 5.91 Å². The largest absolute Gasteiger partial charge is 0.497 e. The van der Waals surface area contributed by atoms with E-state index in [0.717, 1.165) is 11.3 Å². The average Bonchev–Trinajstić information content (AvgIpc) is 3.71. The minimum absolute atomic E-state index is 0.196. The van der Waals surface area contributed by atoms with Gasteiger partial charge in [0, 0.05) is 22.9 Å². The van der Waals surface area contributed by atoms with Crippen molar-refractivity contribution >= 4 is 11.6 Å². The van der Waals surface area contributed by atoms with Gasteiger partial charge < -0.3 is 57.8 Å². The summed E-state index contributed by atoms with van der Waals surface area (Å²) in [5, 5.41) is 10.6. The third kappa shape index (κ3) is 7.82. The lowest BCUT2D eigenvalue weighted by molar-refractivity contribution is 0.0935. The summed E-state index contributed by atoms with van der Waals surface area (Å²) >= 11 is 0. The van der Waals surface area contributed by atoms with Crippen molar-refractivity contribution in [2.75, 3.05) is 68.3 Å². The smallest absolute Gasteiger partial charge is 0.255 e. The molecule has 0 saturated heterocycles. The molecule has 0 spiro atoms. The standard InChI is InChI=1S/C40H43N3O11/c1-45-26-11-12-28-27(21-26)40(44)42-39(41-28)23-10-13-30(32(16-23)46-2)52-14-8-9-15-53-38-35(49-5)17-24(18-36(38)50-6)29-22-31(54-43-29)25-19-33(47-3)37(51-7)34(20-25)48-4/h10-13,16-22,39,41H,8-9,14-15H2,1-7H3,(H,42,44). The van der Waals surface area contributed by atoms with E-state index >= 15 is 0 Å². The van der Waals surface area contributed by atoms with Crippen molar-refractivity contribution < 1.29 is 51.9 Å². The van der Waals surface area contributed by atoms with E-state index < -0.39 is 6.17 Å². The first-order valence-electron chi connectivity index (χ1n) is 17.1. The fraction of sp³-hybridized carbons (Fsp3) is 0.300. The zero-order valence-electron chi connectivity index (χ0n) is 31.2. The van der Waals surface area contributed by atoms with Crippen LogP contribution in [0.5, 0.6) is 51.7 Å². The first-order valence-corrected chi connectivity index (χ1v) is 17.1. The number of benzene rings is 4. The number of nitrogens with zero attached hydrogens (tertiary/aromatic N) is 1. The molecule has 6 rings (SSSR count). The molecule has 0 bridgehead atoms. The highest BCUT2D eigenvalue weighted by Crippen LogP contribution is 2.44. The van der Waals surface area contributed by atoms with Gasteiger partial charge in [-0.1, -0.05) is 11.2 Å². The maximum atomic E-state index is 12.8. The molecule has 1 aliphatic heterocycles. The molecule has 14 heteroatoms. The quantitative estimate of drug-likeness (QED) is 0.0929. The maximum Gasteiger partial charge on any atom is 0.255 e. The second-order valence-corrected chi connectivity index (χ2v) is 12.0. The fourth-order valence-corrected chi connectivity index (χ4v) is 6.02. The normalized spacial score (nSPS) is 13.2. The summed E-state index contributed by atoms with van der Waals surface area (Å²) in [7, 11) is 10.9. The fourth-order valence-electron chi connectivity index (χ4n) is 6.02. The molecule has 1 aliphatic rings. The molecule has 5 aromatic rings. The van der Waals surface area contributed by atoms with Crippen molar-refractivity contribution in [2.45, 2.75) is 19.0 Å². The van der Waals surface area contributed by atoms with Gasteiger partial charge in [-0.25, -0.2) is 0 Å². The van der Waals surface area contributed by atoms with E-state index in [2.05, 4.69) is 15.8 Å². The highest BCUT2D eigenvalue weighted by atomic mass is 16.5. The van der Waals surface area contributed by atoms with Crippen LogP contribution in [0.1, 0.15) is 34.9 Å². The molecule has 4 aromatic carbocycles. The van der Waals surface area contributed by atoms with Crippen LogP contribution in [0.4, 0.5) is 5.69 Å². The Morgan fingerprint density at radius 2 is 1.22 bits per heavy atom. The van der Waals surface area contributed by atoms with Crippen LogP contribution in [0.15, 0.2) is 71.3 Å². The van der Waals surface area contributed by atoms with Crippen molar-refractivity contribution in [3.8, 4) is 74.3 Å². The van der Waals surface area contributed by atoms with Crippen molar-refractivity contribution in [1.82, 2.24) is 10.5 Å². The molecular weight excluding hydrogens is 698 g/mol.